The second-order valence-corrected chi connectivity index (χ2v) is 7.51. The molecule has 2 aromatic rings. The number of hydrogen-bond acceptors (Lipinski definition) is 4. The van der Waals surface area contributed by atoms with Gasteiger partial charge in [0.05, 0.1) is 12.6 Å². The van der Waals surface area contributed by atoms with Gasteiger partial charge in [0.15, 0.2) is 0 Å². The molecule has 0 radical (unpaired) electrons. The third-order valence-corrected chi connectivity index (χ3v) is 5.52. The molecule has 0 spiro atoms. The van der Waals surface area contributed by atoms with Crippen LogP contribution in [0.4, 0.5) is 5.69 Å². The maximum atomic E-state index is 13.0. The molecule has 8 heteroatoms. The lowest BCUT2D eigenvalue weighted by Gasteiger charge is -2.23. The maximum absolute atomic E-state index is 13.0. The Morgan fingerprint density at radius 2 is 1.86 bits per heavy atom. The summed E-state index contributed by atoms with van der Waals surface area (Å²) in [5.74, 6) is 0.106. The molecule has 2 saturated heterocycles. The van der Waals surface area contributed by atoms with Crippen LogP contribution in [-0.2, 0) is 16.0 Å². The largest absolute Gasteiger partial charge is 0.341 e. The minimum Gasteiger partial charge on any atom is -0.341 e. The van der Waals surface area contributed by atoms with Crippen molar-refractivity contribution in [3.05, 3.63) is 47.8 Å². The number of carbonyl (C=O) groups excluding carboxylic acids is 3. The van der Waals surface area contributed by atoms with Crippen LogP contribution in [0.5, 0.6) is 0 Å². The molecule has 2 aliphatic rings. The van der Waals surface area contributed by atoms with E-state index < -0.39 is 0 Å². The second kappa shape index (κ2) is 8.46. The van der Waals surface area contributed by atoms with Crippen LogP contribution in [0.15, 0.2) is 36.7 Å². The summed E-state index contributed by atoms with van der Waals surface area (Å²) >= 11 is 0. The highest BCUT2D eigenvalue weighted by Crippen LogP contribution is 2.23. The molecule has 0 unspecified atom stereocenters. The summed E-state index contributed by atoms with van der Waals surface area (Å²) in [5.41, 5.74) is 2.23. The zero-order valence-electron chi connectivity index (χ0n) is 16.3. The van der Waals surface area contributed by atoms with Crippen LogP contribution in [0.25, 0.3) is 0 Å². The topological polar surface area (TPSA) is 89.6 Å². The van der Waals surface area contributed by atoms with E-state index in [4.69, 9.17) is 0 Å². The van der Waals surface area contributed by atoms with Crippen molar-refractivity contribution < 1.29 is 14.4 Å². The van der Waals surface area contributed by atoms with Gasteiger partial charge in [-0.05, 0) is 36.6 Å². The molecule has 3 amide bonds. The molecule has 4 rings (SSSR count). The molecular weight excluding hydrogens is 370 g/mol. The lowest BCUT2D eigenvalue weighted by atomic mass is 10.1. The van der Waals surface area contributed by atoms with Crippen molar-refractivity contribution in [3.8, 4) is 0 Å². The monoisotopic (exact) mass is 395 g/mol. The average molecular weight is 395 g/mol. The molecule has 1 aromatic carbocycles. The summed E-state index contributed by atoms with van der Waals surface area (Å²) in [7, 11) is 0. The lowest BCUT2D eigenvalue weighted by molar-refractivity contribution is -0.130. The first-order valence-corrected chi connectivity index (χ1v) is 10.1. The van der Waals surface area contributed by atoms with Gasteiger partial charge in [0.2, 0.25) is 11.8 Å². The van der Waals surface area contributed by atoms with Crippen molar-refractivity contribution in [2.24, 2.45) is 0 Å². The average Bonchev–Trinajstić information content (AvgIpc) is 3.33. The minimum atomic E-state index is -0.0531. The summed E-state index contributed by atoms with van der Waals surface area (Å²) in [4.78, 5) is 42.9. The van der Waals surface area contributed by atoms with E-state index in [1.54, 1.807) is 34.3 Å². The zero-order chi connectivity index (χ0) is 20.2. The number of nitrogens with zero attached hydrogens (tertiary/aromatic N) is 4. The van der Waals surface area contributed by atoms with Crippen LogP contribution in [0, 0.1) is 0 Å². The minimum absolute atomic E-state index is 0.0512. The SMILES string of the molecule is O=C(Cc1cn[nH]c1)N1CCCN(C(=O)c2cccc(N3CCCC3=O)c2)CC1. The van der Waals surface area contributed by atoms with Gasteiger partial charge in [-0.15, -0.1) is 0 Å². The van der Waals surface area contributed by atoms with Gasteiger partial charge in [-0.2, -0.15) is 5.10 Å². The van der Waals surface area contributed by atoms with Gasteiger partial charge >= 0.3 is 0 Å². The van der Waals surface area contributed by atoms with E-state index >= 15 is 0 Å². The summed E-state index contributed by atoms with van der Waals surface area (Å²) < 4.78 is 0. The number of amides is 3. The quantitative estimate of drug-likeness (QED) is 0.849. The lowest BCUT2D eigenvalue weighted by Crippen LogP contribution is -2.38. The number of aromatic amines is 1. The molecule has 3 heterocycles. The van der Waals surface area contributed by atoms with E-state index in [1.807, 2.05) is 17.0 Å². The van der Waals surface area contributed by atoms with Gasteiger partial charge in [-0.3, -0.25) is 19.5 Å². The van der Waals surface area contributed by atoms with E-state index in [0.717, 1.165) is 24.1 Å². The number of aromatic nitrogens is 2. The Bertz CT molecular complexity index is 895. The van der Waals surface area contributed by atoms with Gasteiger partial charge < -0.3 is 14.7 Å². The Labute approximate surface area is 169 Å². The van der Waals surface area contributed by atoms with E-state index in [-0.39, 0.29) is 17.7 Å². The highest BCUT2D eigenvalue weighted by Gasteiger charge is 2.25. The molecule has 0 aliphatic carbocycles. The van der Waals surface area contributed by atoms with Gasteiger partial charge in [0.1, 0.15) is 0 Å². The number of rotatable bonds is 4. The van der Waals surface area contributed by atoms with Gasteiger partial charge in [0.25, 0.3) is 5.91 Å². The van der Waals surface area contributed by atoms with Gasteiger partial charge in [0, 0.05) is 56.6 Å². The first-order valence-electron chi connectivity index (χ1n) is 10.1. The third-order valence-electron chi connectivity index (χ3n) is 5.52. The normalized spacial score (nSPS) is 17.5. The Hall–Kier alpha value is -3.16. The molecule has 8 nitrogen and oxygen atoms in total. The predicted molar refractivity (Wildman–Crippen MR) is 107 cm³/mol. The Morgan fingerprint density at radius 1 is 1.03 bits per heavy atom. The van der Waals surface area contributed by atoms with Crippen LogP contribution in [0.1, 0.15) is 35.2 Å². The van der Waals surface area contributed by atoms with E-state index in [0.29, 0.717) is 51.1 Å². The fourth-order valence-electron chi connectivity index (χ4n) is 3.94. The first-order chi connectivity index (χ1) is 14.1. The zero-order valence-corrected chi connectivity index (χ0v) is 16.3. The van der Waals surface area contributed by atoms with Crippen molar-refractivity contribution in [1.29, 1.82) is 0 Å². The summed E-state index contributed by atoms with van der Waals surface area (Å²) in [6, 6.07) is 7.29. The van der Waals surface area contributed by atoms with Crippen LogP contribution in [-0.4, -0.2) is 70.4 Å². The molecule has 0 bridgehead atoms. The van der Waals surface area contributed by atoms with Crippen LogP contribution >= 0.6 is 0 Å². The Balaban J connectivity index is 1.39. The van der Waals surface area contributed by atoms with Gasteiger partial charge in [-0.1, -0.05) is 6.07 Å². The molecule has 1 aromatic heterocycles. The smallest absolute Gasteiger partial charge is 0.253 e. The molecule has 1 N–H and O–H groups in total. The van der Waals surface area contributed by atoms with E-state index in [9.17, 15) is 14.4 Å². The number of benzene rings is 1. The van der Waals surface area contributed by atoms with Crippen LogP contribution in [0.3, 0.4) is 0 Å². The van der Waals surface area contributed by atoms with Gasteiger partial charge in [-0.25, -0.2) is 0 Å². The highest BCUT2D eigenvalue weighted by molar-refractivity contribution is 5.99. The highest BCUT2D eigenvalue weighted by atomic mass is 16.2. The van der Waals surface area contributed by atoms with Crippen molar-refractivity contribution in [3.63, 3.8) is 0 Å². The van der Waals surface area contributed by atoms with Crippen molar-refractivity contribution in [2.75, 3.05) is 37.6 Å². The molecule has 29 heavy (non-hydrogen) atoms. The summed E-state index contributed by atoms with van der Waals surface area (Å²) in [5, 5.41) is 6.59. The standard InChI is InChI=1S/C21H25N5O3/c27-19-6-2-9-26(19)18-5-1-4-17(13-18)21(29)25-8-3-7-24(10-11-25)20(28)12-16-14-22-23-15-16/h1,4-5,13-15H,2-3,6-12H2,(H,22,23). The van der Waals surface area contributed by atoms with Crippen LogP contribution in [0.2, 0.25) is 0 Å². The number of anilines is 1. The molecular formula is C21H25N5O3. The number of H-pyrrole nitrogens is 1. The van der Waals surface area contributed by atoms with Crippen molar-refractivity contribution in [2.45, 2.75) is 25.7 Å². The fourth-order valence-corrected chi connectivity index (χ4v) is 3.94. The van der Waals surface area contributed by atoms with Crippen molar-refractivity contribution in [1.82, 2.24) is 20.0 Å². The van der Waals surface area contributed by atoms with Crippen molar-refractivity contribution >= 4 is 23.4 Å². The first kappa shape index (κ1) is 19.2. The Kier molecular flexibility index (Phi) is 5.59. The maximum Gasteiger partial charge on any atom is 0.253 e. The molecule has 2 fully saturated rings. The molecule has 152 valence electrons. The number of carbonyl (C=O) groups is 3. The molecule has 0 atom stereocenters. The molecule has 2 aliphatic heterocycles. The summed E-state index contributed by atoms with van der Waals surface area (Å²) in [6.45, 7) is 2.98. The van der Waals surface area contributed by atoms with Crippen LogP contribution < -0.4 is 4.90 Å². The van der Waals surface area contributed by atoms with E-state index in [1.165, 1.54) is 0 Å². The van der Waals surface area contributed by atoms with E-state index in [2.05, 4.69) is 10.2 Å². The molecule has 0 saturated carbocycles. The fraction of sp³-hybridized carbons (Fsp3) is 0.429. The predicted octanol–water partition coefficient (Wildman–Crippen LogP) is 1.45. The third kappa shape index (κ3) is 4.31. The second-order valence-electron chi connectivity index (χ2n) is 7.51. The number of nitrogens with one attached hydrogen (secondary N) is 1. The number of hydrogen-bond donors (Lipinski definition) is 1. The Morgan fingerprint density at radius 3 is 2.62 bits per heavy atom. The summed E-state index contributed by atoms with van der Waals surface area (Å²) in [6.07, 6.45) is 5.86.